The minimum absolute atomic E-state index is 0.239. The minimum Gasteiger partial charge on any atom is -0.444 e. The number of halogens is 1. The molecule has 2 heterocycles. The van der Waals surface area contributed by atoms with Gasteiger partial charge in [0.15, 0.2) is 0 Å². The van der Waals surface area contributed by atoms with Gasteiger partial charge >= 0.3 is 6.09 Å². The number of pyridine rings is 1. The molecule has 2 N–H and O–H groups in total. The van der Waals surface area contributed by atoms with Crippen LogP contribution in [0.3, 0.4) is 0 Å². The zero-order valence-electron chi connectivity index (χ0n) is 19.1. The van der Waals surface area contributed by atoms with Gasteiger partial charge in [0.25, 0.3) is 11.5 Å². The number of benzene rings is 1. The second-order valence-electron chi connectivity index (χ2n) is 8.63. The molecule has 0 spiro atoms. The molecule has 0 bridgehead atoms. The summed E-state index contributed by atoms with van der Waals surface area (Å²) in [6, 6.07) is 6.52. The van der Waals surface area contributed by atoms with Gasteiger partial charge in [-0.3, -0.25) is 14.4 Å². The highest BCUT2D eigenvalue weighted by Gasteiger charge is 2.34. The van der Waals surface area contributed by atoms with Crippen molar-refractivity contribution in [2.45, 2.75) is 57.2 Å². The third-order valence-electron chi connectivity index (χ3n) is 4.68. The molecule has 0 saturated carbocycles. The van der Waals surface area contributed by atoms with Gasteiger partial charge in [0, 0.05) is 21.9 Å². The Morgan fingerprint density at radius 1 is 1.24 bits per heavy atom. The van der Waals surface area contributed by atoms with Crippen molar-refractivity contribution in [1.29, 1.82) is 0 Å². The van der Waals surface area contributed by atoms with E-state index in [2.05, 4.69) is 10.8 Å². The van der Waals surface area contributed by atoms with Gasteiger partial charge in [-0.1, -0.05) is 30.7 Å². The monoisotopic (exact) mass is 493 g/mol. The van der Waals surface area contributed by atoms with Gasteiger partial charge in [-0.15, -0.1) is 11.8 Å². The third-order valence-corrected chi connectivity index (χ3v) is 6.16. The fourth-order valence-electron chi connectivity index (χ4n) is 3.29. The van der Waals surface area contributed by atoms with Crippen LogP contribution in [0.25, 0.3) is 0 Å². The van der Waals surface area contributed by atoms with Crippen LogP contribution < -0.4 is 16.4 Å². The van der Waals surface area contributed by atoms with Crippen molar-refractivity contribution < 1.29 is 19.2 Å². The Morgan fingerprint density at radius 3 is 2.58 bits per heavy atom. The van der Waals surface area contributed by atoms with Gasteiger partial charge < -0.3 is 14.6 Å². The van der Waals surface area contributed by atoms with Crippen LogP contribution in [-0.4, -0.2) is 34.5 Å². The van der Waals surface area contributed by atoms with Crippen molar-refractivity contribution in [2.24, 2.45) is 0 Å². The molecule has 1 aromatic carbocycles. The number of alkyl carbamates (subject to hydrolysis) is 1. The van der Waals surface area contributed by atoms with Crippen molar-refractivity contribution in [1.82, 2.24) is 15.4 Å². The molecule has 178 valence electrons. The molecule has 0 aliphatic carbocycles. The molecule has 2 aromatic rings. The highest BCUT2D eigenvalue weighted by atomic mass is 35.5. The predicted octanol–water partition coefficient (Wildman–Crippen LogP) is 4.29. The summed E-state index contributed by atoms with van der Waals surface area (Å²) in [5.41, 5.74) is 3.00. The molecule has 1 atom stereocenters. The number of rotatable bonds is 7. The molecule has 0 saturated heterocycles. The molecular formula is C23H28ClN3O5S. The average molecular weight is 494 g/mol. The summed E-state index contributed by atoms with van der Waals surface area (Å²) < 4.78 is 6.82. The maximum Gasteiger partial charge on any atom is 0.408 e. The number of nitrogens with one attached hydrogen (secondary N) is 2. The normalized spacial score (nSPS) is 15.1. The van der Waals surface area contributed by atoms with Crippen LogP contribution in [0.1, 0.15) is 61.6 Å². The lowest BCUT2D eigenvalue weighted by molar-refractivity contribution is 0.0311. The number of carbonyl (C=O) groups is 2. The number of carbonyl (C=O) groups excluding carboxylic acids is 2. The Morgan fingerprint density at radius 2 is 1.94 bits per heavy atom. The average Bonchev–Trinajstić information content (AvgIpc) is 3.14. The Labute approximate surface area is 201 Å². The van der Waals surface area contributed by atoms with Crippen LogP contribution in [0, 0.1) is 0 Å². The molecule has 2 amide bonds. The predicted molar refractivity (Wildman–Crippen MR) is 128 cm³/mol. The summed E-state index contributed by atoms with van der Waals surface area (Å²) in [6.45, 7) is 7.84. The van der Waals surface area contributed by atoms with E-state index in [1.54, 1.807) is 32.9 Å². The van der Waals surface area contributed by atoms with Crippen LogP contribution >= 0.6 is 23.4 Å². The van der Waals surface area contributed by atoms with Gasteiger partial charge in [-0.2, -0.15) is 0 Å². The summed E-state index contributed by atoms with van der Waals surface area (Å²) in [4.78, 5) is 44.4. The first-order valence-corrected chi connectivity index (χ1v) is 12.0. The number of amides is 2. The molecule has 0 fully saturated rings. The molecule has 33 heavy (non-hydrogen) atoms. The van der Waals surface area contributed by atoms with Crippen molar-refractivity contribution in [3.8, 4) is 0 Å². The van der Waals surface area contributed by atoms with Gasteiger partial charge in [0.1, 0.15) is 5.60 Å². The lowest BCUT2D eigenvalue weighted by Gasteiger charge is -2.22. The number of nitrogens with zero attached hydrogens (tertiary/aromatic N) is 1. The largest absolute Gasteiger partial charge is 0.444 e. The Bertz CT molecular complexity index is 1080. The fraction of sp³-hybridized carbons (Fsp3) is 0.435. The topological polar surface area (TPSA) is 98.7 Å². The minimum atomic E-state index is -0.675. The molecule has 8 nitrogen and oxygen atoms in total. The first kappa shape index (κ1) is 25.1. The maximum atomic E-state index is 13.4. The Kier molecular flexibility index (Phi) is 8.10. The van der Waals surface area contributed by atoms with Crippen LogP contribution in [0.5, 0.6) is 0 Å². The summed E-state index contributed by atoms with van der Waals surface area (Å²) in [5.74, 6) is -0.0415. The van der Waals surface area contributed by atoms with Crippen LogP contribution in [0.2, 0.25) is 5.02 Å². The third kappa shape index (κ3) is 6.52. The molecule has 1 aliphatic heterocycles. The standard InChI is InChI=1S/C23H28ClN3O5S/c1-5-10-31-26-20(28)16-12-27(11-14-6-8-15(24)9-7-14)21(29)18-17(13-33-19(16)18)25-22(30)32-23(2,3)4/h6-9,12,17H,5,10-11,13H2,1-4H3,(H,25,30)(H,26,28)/t17-/m0/s1. The van der Waals surface area contributed by atoms with Crippen molar-refractivity contribution in [3.63, 3.8) is 0 Å². The molecular weight excluding hydrogens is 466 g/mol. The summed E-state index contributed by atoms with van der Waals surface area (Å²) in [6.07, 6.45) is 1.65. The molecule has 0 unspecified atom stereocenters. The van der Waals surface area contributed by atoms with Gasteiger partial charge in [0.2, 0.25) is 0 Å². The number of aromatic nitrogens is 1. The lowest BCUT2D eigenvalue weighted by Crippen LogP contribution is -2.38. The Balaban J connectivity index is 1.98. The quantitative estimate of drug-likeness (QED) is 0.441. The number of thioether (sulfide) groups is 1. The molecule has 10 heteroatoms. The van der Waals surface area contributed by atoms with Gasteiger partial charge in [0.05, 0.1) is 30.3 Å². The van der Waals surface area contributed by atoms with E-state index in [-0.39, 0.29) is 12.1 Å². The maximum absolute atomic E-state index is 13.4. The van der Waals surface area contributed by atoms with E-state index in [4.69, 9.17) is 21.2 Å². The number of hydrogen-bond donors (Lipinski definition) is 2. The lowest BCUT2D eigenvalue weighted by atomic mass is 10.1. The van der Waals surface area contributed by atoms with E-state index in [1.807, 2.05) is 19.1 Å². The molecule has 3 rings (SSSR count). The number of fused-ring (bicyclic) bond motifs is 1. The van der Waals surface area contributed by atoms with Crippen LogP contribution in [0.15, 0.2) is 40.2 Å². The zero-order valence-corrected chi connectivity index (χ0v) is 20.6. The number of ether oxygens (including phenoxy) is 1. The van der Waals surface area contributed by atoms with Crippen molar-refractivity contribution >= 4 is 35.4 Å². The second kappa shape index (κ2) is 10.6. The highest BCUT2D eigenvalue weighted by Crippen LogP contribution is 2.38. The highest BCUT2D eigenvalue weighted by molar-refractivity contribution is 7.99. The number of hydroxylamine groups is 1. The fourth-order valence-corrected chi connectivity index (χ4v) is 4.68. The van der Waals surface area contributed by atoms with E-state index in [1.165, 1.54) is 22.5 Å². The Hall–Kier alpha value is -2.49. The smallest absolute Gasteiger partial charge is 0.408 e. The second-order valence-corrected chi connectivity index (χ2v) is 10.1. The van der Waals surface area contributed by atoms with Crippen molar-refractivity contribution in [2.75, 3.05) is 12.4 Å². The first-order valence-electron chi connectivity index (χ1n) is 10.6. The van der Waals surface area contributed by atoms with Gasteiger partial charge in [-0.05, 0) is 44.9 Å². The summed E-state index contributed by atoms with van der Waals surface area (Å²) in [5, 5.41) is 3.36. The molecule has 1 aliphatic rings. The summed E-state index contributed by atoms with van der Waals surface area (Å²) in [7, 11) is 0. The van der Waals surface area contributed by atoms with E-state index in [9.17, 15) is 14.4 Å². The van der Waals surface area contributed by atoms with Gasteiger partial charge in [-0.25, -0.2) is 10.3 Å². The summed E-state index contributed by atoms with van der Waals surface area (Å²) >= 11 is 7.32. The van der Waals surface area contributed by atoms with E-state index < -0.39 is 23.6 Å². The SMILES string of the molecule is CCCONC(=O)c1cn(Cc2ccc(Cl)cc2)c(=O)c2c1SC[C@@H]2NC(=O)OC(C)(C)C. The number of hydrogen-bond acceptors (Lipinski definition) is 6. The first-order chi connectivity index (χ1) is 15.6. The van der Waals surface area contributed by atoms with E-state index in [0.717, 1.165) is 12.0 Å². The van der Waals surface area contributed by atoms with Crippen molar-refractivity contribution in [3.05, 3.63) is 62.5 Å². The van der Waals surface area contributed by atoms with Crippen LogP contribution in [-0.2, 0) is 16.1 Å². The van der Waals surface area contributed by atoms with E-state index >= 15 is 0 Å². The molecule has 1 aromatic heterocycles. The zero-order chi connectivity index (χ0) is 24.2. The van der Waals surface area contributed by atoms with Crippen LogP contribution in [0.4, 0.5) is 4.79 Å². The molecule has 0 radical (unpaired) electrons. The van der Waals surface area contributed by atoms with E-state index in [0.29, 0.717) is 33.4 Å².